The molecule has 0 bridgehead atoms. The molecule has 1 heterocycles. The Hall–Kier alpha value is -3.28. The highest BCUT2D eigenvalue weighted by Gasteiger charge is 2.21. The van der Waals surface area contributed by atoms with Crippen LogP contribution in [0.3, 0.4) is 0 Å². The Labute approximate surface area is 163 Å². The lowest BCUT2D eigenvalue weighted by molar-refractivity contribution is 0.0319. The fraction of sp³-hybridized carbons (Fsp3) is 0.273. The summed E-state index contributed by atoms with van der Waals surface area (Å²) in [7, 11) is 0. The molecule has 2 aromatic carbocycles. The van der Waals surface area contributed by atoms with Crippen molar-refractivity contribution in [2.75, 3.05) is 6.61 Å². The van der Waals surface area contributed by atoms with E-state index in [4.69, 9.17) is 9.47 Å². The van der Waals surface area contributed by atoms with Gasteiger partial charge in [0.2, 0.25) is 5.78 Å². The zero-order valence-corrected chi connectivity index (χ0v) is 16.4. The number of rotatable bonds is 6. The second-order valence-electron chi connectivity index (χ2n) is 6.47. The molecule has 0 amide bonds. The monoisotopic (exact) mass is 378 g/mol. The van der Waals surface area contributed by atoms with Crippen LogP contribution in [-0.2, 0) is 4.74 Å². The first-order chi connectivity index (χ1) is 13.4. The van der Waals surface area contributed by atoms with Gasteiger partial charge in [0.25, 0.3) is 0 Å². The summed E-state index contributed by atoms with van der Waals surface area (Å²) < 4.78 is 10.7. The number of hydrogen-bond acceptors (Lipinski definition) is 6. The first kappa shape index (κ1) is 19.5. The number of carbonyl (C=O) groups excluding carboxylic acids is 2. The first-order valence-electron chi connectivity index (χ1n) is 9.12. The third-order valence-corrected chi connectivity index (χ3v) is 4.41. The lowest BCUT2D eigenvalue weighted by atomic mass is 10.1. The predicted octanol–water partition coefficient (Wildman–Crippen LogP) is 4.07. The average Bonchev–Trinajstić information content (AvgIpc) is 2.68. The zero-order chi connectivity index (χ0) is 20.3. The number of hydrogen-bond donors (Lipinski definition) is 0. The zero-order valence-electron chi connectivity index (χ0n) is 16.4. The largest absolute Gasteiger partial charge is 0.494 e. The Morgan fingerprint density at radius 1 is 0.929 bits per heavy atom. The SMILES string of the molecule is CCOc1ccc(C(=O)[C@H](C)OC(=O)c2ccc3nc(C)c(C)nc3c2)cc1. The van der Waals surface area contributed by atoms with Gasteiger partial charge in [0.05, 0.1) is 34.6 Å². The Balaban J connectivity index is 1.73. The molecule has 6 heteroatoms. The molecule has 0 aliphatic carbocycles. The van der Waals surface area contributed by atoms with Gasteiger partial charge in [-0.15, -0.1) is 0 Å². The van der Waals surface area contributed by atoms with Gasteiger partial charge >= 0.3 is 5.97 Å². The summed E-state index contributed by atoms with van der Waals surface area (Å²) in [4.78, 5) is 33.9. The highest BCUT2D eigenvalue weighted by Crippen LogP contribution is 2.17. The van der Waals surface area contributed by atoms with Gasteiger partial charge in [-0.2, -0.15) is 0 Å². The normalized spacial score (nSPS) is 11.9. The van der Waals surface area contributed by atoms with Crippen molar-refractivity contribution in [1.29, 1.82) is 0 Å². The second-order valence-corrected chi connectivity index (χ2v) is 6.47. The summed E-state index contributed by atoms with van der Waals surface area (Å²) in [5, 5.41) is 0. The van der Waals surface area contributed by atoms with Crippen molar-refractivity contribution in [2.45, 2.75) is 33.8 Å². The Bertz CT molecular complexity index is 1030. The van der Waals surface area contributed by atoms with Crippen molar-refractivity contribution in [3.8, 4) is 5.75 Å². The predicted molar refractivity (Wildman–Crippen MR) is 106 cm³/mol. The molecule has 28 heavy (non-hydrogen) atoms. The van der Waals surface area contributed by atoms with Gasteiger partial charge in [-0.1, -0.05) is 0 Å². The molecule has 0 N–H and O–H groups in total. The van der Waals surface area contributed by atoms with Crippen LogP contribution in [0.1, 0.15) is 46.0 Å². The number of fused-ring (bicyclic) bond motifs is 1. The van der Waals surface area contributed by atoms with Crippen molar-refractivity contribution < 1.29 is 19.1 Å². The van der Waals surface area contributed by atoms with Crippen LogP contribution >= 0.6 is 0 Å². The number of Topliss-reactive ketones (excluding diaryl/α,β-unsaturated/α-hetero) is 1. The molecular weight excluding hydrogens is 356 g/mol. The average molecular weight is 378 g/mol. The molecule has 0 unspecified atom stereocenters. The van der Waals surface area contributed by atoms with Crippen molar-refractivity contribution in [2.24, 2.45) is 0 Å². The molecule has 0 radical (unpaired) electrons. The minimum absolute atomic E-state index is 0.275. The van der Waals surface area contributed by atoms with Crippen LogP contribution in [0.5, 0.6) is 5.75 Å². The van der Waals surface area contributed by atoms with Crippen molar-refractivity contribution >= 4 is 22.8 Å². The Morgan fingerprint density at radius 2 is 1.54 bits per heavy atom. The van der Waals surface area contributed by atoms with Gasteiger partial charge in [-0.25, -0.2) is 14.8 Å². The molecule has 6 nitrogen and oxygen atoms in total. The molecule has 1 atom stereocenters. The van der Waals surface area contributed by atoms with Crippen molar-refractivity contribution in [3.63, 3.8) is 0 Å². The third kappa shape index (κ3) is 4.17. The molecule has 3 rings (SSSR count). The topological polar surface area (TPSA) is 78.4 Å². The van der Waals surface area contributed by atoms with Crippen LogP contribution < -0.4 is 4.74 Å². The van der Waals surface area contributed by atoms with Gasteiger partial charge in [0.1, 0.15) is 5.75 Å². The van der Waals surface area contributed by atoms with Crippen LogP contribution in [0.15, 0.2) is 42.5 Å². The second kappa shape index (κ2) is 8.17. The molecule has 3 aromatic rings. The number of esters is 1. The number of benzene rings is 2. The number of ketones is 1. The molecule has 0 aliphatic rings. The van der Waals surface area contributed by atoms with Crippen LogP contribution in [0, 0.1) is 13.8 Å². The van der Waals surface area contributed by atoms with Crippen molar-refractivity contribution in [3.05, 3.63) is 65.0 Å². The van der Waals surface area contributed by atoms with E-state index in [0.29, 0.717) is 34.5 Å². The van der Waals surface area contributed by atoms with Gasteiger partial charge in [-0.3, -0.25) is 4.79 Å². The van der Waals surface area contributed by atoms with E-state index < -0.39 is 12.1 Å². The van der Waals surface area contributed by atoms with Crippen LogP contribution in [0.4, 0.5) is 0 Å². The van der Waals surface area contributed by atoms with Gasteiger partial charge < -0.3 is 9.47 Å². The van der Waals surface area contributed by atoms with Gasteiger partial charge in [0, 0.05) is 5.56 Å². The summed E-state index contributed by atoms with van der Waals surface area (Å²) in [6, 6.07) is 11.7. The number of aryl methyl sites for hydroxylation is 2. The minimum atomic E-state index is -0.910. The van der Waals surface area contributed by atoms with E-state index in [-0.39, 0.29) is 5.78 Å². The maximum absolute atomic E-state index is 12.5. The van der Waals surface area contributed by atoms with E-state index in [9.17, 15) is 9.59 Å². The lowest BCUT2D eigenvalue weighted by Crippen LogP contribution is -2.24. The van der Waals surface area contributed by atoms with E-state index >= 15 is 0 Å². The first-order valence-corrected chi connectivity index (χ1v) is 9.12. The molecule has 0 aliphatic heterocycles. The number of nitrogens with zero attached hydrogens (tertiary/aromatic N) is 2. The van der Waals surface area contributed by atoms with E-state index in [1.54, 1.807) is 49.4 Å². The third-order valence-electron chi connectivity index (χ3n) is 4.41. The van der Waals surface area contributed by atoms with Gasteiger partial charge in [-0.05, 0) is 70.2 Å². The van der Waals surface area contributed by atoms with Gasteiger partial charge in [0.15, 0.2) is 6.10 Å². The van der Waals surface area contributed by atoms with Crippen LogP contribution in [0.2, 0.25) is 0 Å². The number of ether oxygens (including phenoxy) is 2. The smallest absolute Gasteiger partial charge is 0.338 e. The summed E-state index contributed by atoms with van der Waals surface area (Å²) in [5.74, 6) is -0.163. The van der Waals surface area contributed by atoms with Crippen LogP contribution in [0.25, 0.3) is 11.0 Å². The highest BCUT2D eigenvalue weighted by molar-refractivity contribution is 6.02. The summed E-state index contributed by atoms with van der Waals surface area (Å²) in [5.41, 5.74) is 3.76. The minimum Gasteiger partial charge on any atom is -0.494 e. The standard InChI is InChI=1S/C22H22N2O4/c1-5-27-18-9-6-16(7-10-18)21(25)15(4)28-22(26)17-8-11-19-20(12-17)24-14(3)13(2)23-19/h6-12,15H,5H2,1-4H3/t15-/m0/s1. The maximum Gasteiger partial charge on any atom is 0.338 e. The van der Waals surface area contributed by atoms with E-state index in [1.807, 2.05) is 20.8 Å². The van der Waals surface area contributed by atoms with E-state index in [0.717, 1.165) is 11.4 Å². The quantitative estimate of drug-likeness (QED) is 0.475. The lowest BCUT2D eigenvalue weighted by Gasteiger charge is -2.13. The Kier molecular flexibility index (Phi) is 5.68. The highest BCUT2D eigenvalue weighted by atomic mass is 16.5. The van der Waals surface area contributed by atoms with E-state index in [2.05, 4.69) is 9.97 Å². The van der Waals surface area contributed by atoms with Crippen LogP contribution in [-0.4, -0.2) is 34.4 Å². The summed E-state index contributed by atoms with van der Waals surface area (Å²) in [6.45, 7) is 7.76. The summed E-state index contributed by atoms with van der Waals surface area (Å²) >= 11 is 0. The number of aromatic nitrogens is 2. The molecule has 0 fully saturated rings. The molecule has 144 valence electrons. The maximum atomic E-state index is 12.5. The van der Waals surface area contributed by atoms with Crippen molar-refractivity contribution in [1.82, 2.24) is 9.97 Å². The Morgan fingerprint density at radius 3 is 2.18 bits per heavy atom. The molecule has 0 spiro atoms. The number of carbonyl (C=O) groups is 2. The van der Waals surface area contributed by atoms with E-state index in [1.165, 1.54) is 0 Å². The molecule has 0 saturated carbocycles. The summed E-state index contributed by atoms with van der Waals surface area (Å²) in [6.07, 6.45) is -0.910. The fourth-order valence-corrected chi connectivity index (χ4v) is 2.76. The molecule has 1 aromatic heterocycles. The molecule has 0 saturated heterocycles. The molecular formula is C22H22N2O4. The fourth-order valence-electron chi connectivity index (χ4n) is 2.76.